The third kappa shape index (κ3) is 4.60. The summed E-state index contributed by atoms with van der Waals surface area (Å²) in [6, 6.07) is 11.0. The second kappa shape index (κ2) is 7.99. The largest absolute Gasteiger partial charge is 0.497 e. The maximum Gasteiger partial charge on any atom is 0.240 e. The van der Waals surface area contributed by atoms with Crippen molar-refractivity contribution in [2.24, 2.45) is 0 Å². The molecular formula is C19H25NO4S. The highest BCUT2D eigenvalue weighted by molar-refractivity contribution is 7.89. The predicted molar refractivity (Wildman–Crippen MR) is 98.6 cm³/mol. The van der Waals surface area contributed by atoms with Crippen LogP contribution in [0.2, 0.25) is 0 Å². The van der Waals surface area contributed by atoms with Gasteiger partial charge in [-0.1, -0.05) is 18.2 Å². The van der Waals surface area contributed by atoms with E-state index in [0.717, 1.165) is 22.3 Å². The number of hydrogen-bond acceptors (Lipinski definition) is 4. The van der Waals surface area contributed by atoms with E-state index < -0.39 is 16.1 Å². The lowest BCUT2D eigenvalue weighted by Gasteiger charge is -2.18. The lowest BCUT2D eigenvalue weighted by Crippen LogP contribution is -2.30. The molecule has 25 heavy (non-hydrogen) atoms. The van der Waals surface area contributed by atoms with Crippen LogP contribution in [-0.2, 0) is 14.8 Å². The Morgan fingerprint density at radius 1 is 1.00 bits per heavy atom. The van der Waals surface area contributed by atoms with Gasteiger partial charge < -0.3 is 9.47 Å². The predicted octanol–water partition coefficient (Wildman–Crippen LogP) is 3.29. The van der Waals surface area contributed by atoms with Gasteiger partial charge in [0.1, 0.15) is 5.75 Å². The van der Waals surface area contributed by atoms with Crippen LogP contribution in [0.15, 0.2) is 41.3 Å². The van der Waals surface area contributed by atoms with Crippen molar-refractivity contribution >= 4 is 10.0 Å². The van der Waals surface area contributed by atoms with E-state index in [1.807, 2.05) is 44.2 Å². The molecule has 0 aliphatic heterocycles. The zero-order chi connectivity index (χ0) is 18.6. The molecular weight excluding hydrogens is 338 g/mol. The van der Waals surface area contributed by atoms with E-state index in [1.54, 1.807) is 27.2 Å². The monoisotopic (exact) mass is 363 g/mol. The minimum atomic E-state index is -3.62. The van der Waals surface area contributed by atoms with Crippen molar-refractivity contribution in [1.29, 1.82) is 0 Å². The molecule has 1 atom stereocenters. The quantitative estimate of drug-likeness (QED) is 0.820. The lowest BCUT2D eigenvalue weighted by atomic mass is 10.1. The Morgan fingerprint density at radius 3 is 2.32 bits per heavy atom. The van der Waals surface area contributed by atoms with Gasteiger partial charge in [0.15, 0.2) is 0 Å². The number of methoxy groups -OCH3 is 2. The second-order valence-corrected chi connectivity index (χ2v) is 7.79. The summed E-state index contributed by atoms with van der Waals surface area (Å²) >= 11 is 0. The maximum absolute atomic E-state index is 12.7. The lowest BCUT2D eigenvalue weighted by molar-refractivity contribution is 0.107. The zero-order valence-electron chi connectivity index (χ0n) is 15.3. The molecule has 1 unspecified atom stereocenters. The van der Waals surface area contributed by atoms with Crippen LogP contribution >= 0.6 is 0 Å². The Labute approximate surface area is 150 Å². The van der Waals surface area contributed by atoms with Gasteiger partial charge in [-0.15, -0.1) is 0 Å². The molecule has 0 aliphatic carbocycles. The SMILES string of the molecule is COc1cccc(C(CNS(=O)(=O)c2cc(C)c(C)cc2C)OC)c1. The number of nitrogens with one attached hydrogen (secondary N) is 1. The van der Waals surface area contributed by atoms with Crippen LogP contribution in [0.5, 0.6) is 5.75 Å². The molecule has 0 saturated carbocycles. The highest BCUT2D eigenvalue weighted by Crippen LogP contribution is 2.23. The molecule has 0 bridgehead atoms. The average Bonchev–Trinajstić information content (AvgIpc) is 2.58. The van der Waals surface area contributed by atoms with Crippen LogP contribution in [0.4, 0.5) is 0 Å². The number of benzene rings is 2. The van der Waals surface area contributed by atoms with Gasteiger partial charge in [0, 0.05) is 13.7 Å². The molecule has 0 amide bonds. The van der Waals surface area contributed by atoms with E-state index in [0.29, 0.717) is 10.6 Å². The topological polar surface area (TPSA) is 64.6 Å². The third-order valence-corrected chi connectivity index (χ3v) is 5.86. The molecule has 0 aromatic heterocycles. The summed E-state index contributed by atoms with van der Waals surface area (Å²) in [6.45, 7) is 5.81. The number of ether oxygens (including phenoxy) is 2. The summed E-state index contributed by atoms with van der Waals surface area (Å²) in [7, 11) is -0.476. The van der Waals surface area contributed by atoms with E-state index in [4.69, 9.17) is 9.47 Å². The summed E-state index contributed by atoms with van der Waals surface area (Å²) in [4.78, 5) is 0.302. The normalized spacial score (nSPS) is 12.8. The Hall–Kier alpha value is -1.89. The van der Waals surface area contributed by atoms with Gasteiger partial charge in [0.25, 0.3) is 0 Å². The van der Waals surface area contributed by atoms with Crippen LogP contribution in [-0.4, -0.2) is 29.2 Å². The van der Waals surface area contributed by atoms with Gasteiger partial charge in [0.05, 0.1) is 18.1 Å². The molecule has 0 saturated heterocycles. The van der Waals surface area contributed by atoms with Crippen LogP contribution in [0.1, 0.15) is 28.4 Å². The first-order valence-electron chi connectivity index (χ1n) is 8.02. The number of rotatable bonds is 7. The molecule has 2 rings (SSSR count). The molecule has 1 N–H and O–H groups in total. The van der Waals surface area contributed by atoms with Crippen molar-refractivity contribution in [2.75, 3.05) is 20.8 Å². The van der Waals surface area contributed by atoms with Crippen molar-refractivity contribution in [3.05, 3.63) is 58.7 Å². The minimum absolute atomic E-state index is 0.137. The smallest absolute Gasteiger partial charge is 0.240 e. The summed E-state index contributed by atoms with van der Waals surface area (Å²) in [5.41, 5.74) is 3.59. The fourth-order valence-corrected chi connectivity index (χ4v) is 4.01. The van der Waals surface area contributed by atoms with E-state index in [9.17, 15) is 8.42 Å². The first kappa shape index (κ1) is 19.4. The van der Waals surface area contributed by atoms with E-state index in [2.05, 4.69) is 4.72 Å². The third-order valence-electron chi connectivity index (χ3n) is 4.29. The number of hydrogen-bond donors (Lipinski definition) is 1. The van der Waals surface area contributed by atoms with Gasteiger partial charge in [-0.25, -0.2) is 13.1 Å². The Morgan fingerprint density at radius 2 is 1.68 bits per heavy atom. The molecule has 2 aromatic carbocycles. The first-order chi connectivity index (χ1) is 11.8. The molecule has 2 aromatic rings. The summed E-state index contributed by atoms with van der Waals surface area (Å²) in [5, 5.41) is 0. The van der Waals surface area contributed by atoms with Crippen LogP contribution < -0.4 is 9.46 Å². The van der Waals surface area contributed by atoms with Crippen LogP contribution in [0.3, 0.4) is 0 Å². The van der Waals surface area contributed by atoms with Gasteiger partial charge in [-0.3, -0.25) is 0 Å². The highest BCUT2D eigenvalue weighted by Gasteiger charge is 2.20. The maximum atomic E-state index is 12.7. The summed E-state index contributed by atoms with van der Waals surface area (Å²) in [5.74, 6) is 0.701. The van der Waals surface area contributed by atoms with E-state index >= 15 is 0 Å². The number of aryl methyl sites for hydroxylation is 3. The van der Waals surface area contributed by atoms with Crippen molar-refractivity contribution in [3.63, 3.8) is 0 Å². The van der Waals surface area contributed by atoms with Crippen molar-refractivity contribution in [3.8, 4) is 5.75 Å². The fraction of sp³-hybridized carbons (Fsp3) is 0.368. The van der Waals surface area contributed by atoms with Gasteiger partial charge in [-0.05, 0) is 61.2 Å². The van der Waals surface area contributed by atoms with Crippen molar-refractivity contribution in [2.45, 2.75) is 31.8 Å². The summed E-state index contributed by atoms with van der Waals surface area (Å²) in [6.07, 6.45) is -0.406. The fourth-order valence-electron chi connectivity index (χ4n) is 2.67. The minimum Gasteiger partial charge on any atom is -0.497 e. The Kier molecular flexibility index (Phi) is 6.21. The molecule has 136 valence electrons. The van der Waals surface area contributed by atoms with Gasteiger partial charge in [0.2, 0.25) is 10.0 Å². The molecule has 6 heteroatoms. The highest BCUT2D eigenvalue weighted by atomic mass is 32.2. The van der Waals surface area contributed by atoms with E-state index in [1.165, 1.54) is 0 Å². The van der Waals surface area contributed by atoms with Gasteiger partial charge >= 0.3 is 0 Å². The standard InChI is InChI=1S/C19H25NO4S/c1-13-9-15(3)19(10-14(13)2)25(21,22)20-12-18(24-5)16-7-6-8-17(11-16)23-4/h6-11,18,20H,12H2,1-5H3. The summed E-state index contributed by atoms with van der Waals surface area (Å²) < 4.78 is 38.7. The molecule has 0 aliphatic rings. The molecule has 0 spiro atoms. The van der Waals surface area contributed by atoms with Crippen molar-refractivity contribution < 1.29 is 17.9 Å². The Balaban J connectivity index is 2.21. The Bertz CT molecular complexity index is 846. The van der Waals surface area contributed by atoms with Crippen LogP contribution in [0.25, 0.3) is 0 Å². The molecule has 0 heterocycles. The molecule has 0 fully saturated rings. The van der Waals surface area contributed by atoms with Gasteiger partial charge in [-0.2, -0.15) is 0 Å². The zero-order valence-corrected chi connectivity index (χ0v) is 16.1. The molecule has 0 radical (unpaired) electrons. The van der Waals surface area contributed by atoms with Crippen LogP contribution in [0, 0.1) is 20.8 Å². The molecule has 5 nitrogen and oxygen atoms in total. The second-order valence-electron chi connectivity index (χ2n) is 6.05. The average molecular weight is 363 g/mol. The number of sulfonamides is 1. The van der Waals surface area contributed by atoms with E-state index in [-0.39, 0.29) is 6.54 Å². The van der Waals surface area contributed by atoms with Crippen molar-refractivity contribution in [1.82, 2.24) is 4.72 Å². The first-order valence-corrected chi connectivity index (χ1v) is 9.51.